The van der Waals surface area contributed by atoms with Crippen LogP contribution >= 0.6 is 0 Å². The number of phenols is 3. The molecular weight excluding hydrogens is 961 g/mol. The van der Waals surface area contributed by atoms with Crippen molar-refractivity contribution >= 4 is 34.0 Å². The molecular formula is C62H64N4O10. The van der Waals surface area contributed by atoms with Gasteiger partial charge in [-0.3, -0.25) is 14.4 Å². The molecule has 4 heterocycles. The van der Waals surface area contributed by atoms with Gasteiger partial charge in [0.15, 0.2) is 11.5 Å². The number of phenolic OH excluding ortho intramolecular Hbond substituents is 3. The number of benzene rings is 4. The molecule has 6 unspecified atom stereocenters. The number of H-pyrrole nitrogens is 1. The van der Waals surface area contributed by atoms with E-state index >= 15 is 0 Å². The van der Waals surface area contributed by atoms with Gasteiger partial charge in [-0.25, -0.2) is 0 Å². The summed E-state index contributed by atoms with van der Waals surface area (Å²) in [6, 6.07) is 19.8. The smallest absolute Gasteiger partial charge is 0.302 e. The van der Waals surface area contributed by atoms with Crippen LogP contribution in [0.4, 0.5) is 5.69 Å². The third-order valence-electron chi connectivity index (χ3n) is 15.6. The number of nitrogens with one attached hydrogen (secondary N) is 2. The number of nitrogens with zero attached hydrogens (tertiary/aromatic N) is 2. The van der Waals surface area contributed by atoms with Crippen LogP contribution in [0.25, 0.3) is 10.8 Å². The summed E-state index contributed by atoms with van der Waals surface area (Å²) in [5.74, 6) is 0.179. The molecule has 4 aliphatic rings. The zero-order valence-electron chi connectivity index (χ0n) is 42.9. The third kappa shape index (κ3) is 10.5. The van der Waals surface area contributed by atoms with Crippen molar-refractivity contribution in [3.05, 3.63) is 185 Å². The Hall–Kier alpha value is -8.23. The number of fused-ring (bicyclic) bond motifs is 4. The molecule has 14 nitrogen and oxygen atoms in total. The second-order valence-corrected chi connectivity index (χ2v) is 20.4. The van der Waals surface area contributed by atoms with E-state index in [2.05, 4.69) is 76.2 Å². The molecule has 14 heteroatoms. The molecule has 0 saturated carbocycles. The summed E-state index contributed by atoms with van der Waals surface area (Å²) in [6.07, 6.45) is 27.3. The first-order valence-electron chi connectivity index (χ1n) is 26.0. The second kappa shape index (κ2) is 21.9. The average Bonchev–Trinajstić information content (AvgIpc) is 4.07. The van der Waals surface area contributed by atoms with Crippen LogP contribution in [0.5, 0.6) is 34.5 Å². The molecule has 1 spiro atoms. The number of ether oxygens (including phenoxy) is 3. The fourth-order valence-electron chi connectivity index (χ4n) is 12.0. The van der Waals surface area contributed by atoms with E-state index in [9.17, 15) is 34.8 Å². The number of carbonyl (C=O) groups excluding carboxylic acids is 3. The van der Waals surface area contributed by atoms with Gasteiger partial charge in [0.2, 0.25) is 5.75 Å². The number of anilines is 1. The quantitative estimate of drug-likeness (QED) is 0.0562. The lowest BCUT2D eigenvalue weighted by Gasteiger charge is -2.47. The lowest BCUT2D eigenvalue weighted by atomic mass is 9.57. The monoisotopic (exact) mass is 1020 g/mol. The Balaban J connectivity index is 1.17. The van der Waals surface area contributed by atoms with Gasteiger partial charge in [-0.05, 0) is 120 Å². The molecule has 6 atom stereocenters. The highest BCUT2D eigenvalue weighted by atomic mass is 16.5. The summed E-state index contributed by atoms with van der Waals surface area (Å²) < 4.78 is 19.9. The van der Waals surface area contributed by atoms with Gasteiger partial charge >= 0.3 is 5.97 Å². The van der Waals surface area contributed by atoms with E-state index in [1.54, 1.807) is 31.2 Å². The number of aliphatic hydroxyl groups excluding tert-OH is 1. The van der Waals surface area contributed by atoms with Crippen LogP contribution in [0.3, 0.4) is 0 Å². The average molecular weight is 1030 g/mol. The molecule has 6 N–H and O–H groups in total. The number of hydrogen-bond acceptors (Lipinski definition) is 12. The molecule has 2 aliphatic carbocycles. The molecule has 2 aromatic heterocycles. The first-order valence-corrected chi connectivity index (χ1v) is 26.0. The Kier molecular flexibility index (Phi) is 14.8. The fraction of sp³-hybridized carbons (Fsp3) is 0.306. The minimum atomic E-state index is -0.787. The van der Waals surface area contributed by atoms with Gasteiger partial charge < -0.3 is 54.4 Å². The van der Waals surface area contributed by atoms with E-state index in [1.165, 1.54) is 32.2 Å². The minimum Gasteiger partial charge on any atom is -0.508 e. The molecule has 0 saturated heterocycles. The van der Waals surface area contributed by atoms with Gasteiger partial charge in [0, 0.05) is 98.2 Å². The third-order valence-corrected chi connectivity index (χ3v) is 15.6. The van der Waals surface area contributed by atoms with Crippen molar-refractivity contribution in [3.63, 3.8) is 0 Å². The number of hydrogen-bond donors (Lipinski definition) is 6. The van der Waals surface area contributed by atoms with Gasteiger partial charge in [-0.15, -0.1) is 0 Å². The molecule has 0 radical (unpaired) electrons. The van der Waals surface area contributed by atoms with Crippen LogP contribution in [-0.2, 0) is 32.1 Å². The number of aromatic hydroxyl groups is 3. The number of aromatic amines is 1. The molecule has 4 bridgehead atoms. The molecule has 0 amide bonds. The lowest BCUT2D eigenvalue weighted by Crippen LogP contribution is -2.38. The van der Waals surface area contributed by atoms with E-state index in [4.69, 9.17) is 14.2 Å². The zero-order valence-corrected chi connectivity index (χ0v) is 42.9. The summed E-state index contributed by atoms with van der Waals surface area (Å²) in [4.78, 5) is 46.4. The molecule has 76 heavy (non-hydrogen) atoms. The largest absolute Gasteiger partial charge is 0.508 e. The number of ketones is 2. The number of Topliss-reactive ketones (excluding diaryl/α,β-unsaturated/α-hetero) is 2. The highest BCUT2D eigenvalue weighted by molar-refractivity contribution is 5.97. The molecule has 4 aromatic carbocycles. The van der Waals surface area contributed by atoms with Crippen molar-refractivity contribution in [2.75, 3.05) is 25.1 Å². The Morgan fingerprint density at radius 3 is 2.47 bits per heavy atom. The van der Waals surface area contributed by atoms with Crippen LogP contribution in [0.1, 0.15) is 98.1 Å². The highest BCUT2D eigenvalue weighted by Gasteiger charge is 2.46. The van der Waals surface area contributed by atoms with E-state index in [1.807, 2.05) is 47.3 Å². The molecule has 392 valence electrons. The summed E-state index contributed by atoms with van der Waals surface area (Å²) in [6.45, 7) is 3.43. The number of esters is 1. The Bertz CT molecular complexity index is 3340. The first-order chi connectivity index (χ1) is 36.8. The fourth-order valence-corrected chi connectivity index (χ4v) is 12.0. The number of aromatic nitrogens is 2. The maximum Gasteiger partial charge on any atom is 0.302 e. The maximum atomic E-state index is 15.0. The Morgan fingerprint density at radius 2 is 1.70 bits per heavy atom. The molecule has 0 fully saturated rings. The zero-order chi connectivity index (χ0) is 53.1. The normalized spacial score (nSPS) is 22.6. The standard InChI is InChI=1S/C62H64N4O10/c1-38(68)20-24-66-56-17-16-42(37-67)53-35-65(36-54(53)56)57(43-27-58(73)61(59(28-43)74-3)76-49-14-8-13-47(71)30-49)32-48(72)31-50(75-39(2)69)18-22-62-21-5-4-10-45(62)11-7-15-55(62)52-34-63-33-44(52)26-51(40-9-6-12-46(70)25-40)41-19-23-64-60(66)29-41/h4-10,12-17,19,21,25,27-30,33-36,45,50-51,55,57,63-64,67,70-71,73H,11,18,20,22-24,26,31-32,37H2,1-3H3. The predicted octanol–water partition coefficient (Wildman–Crippen LogP) is 11.0. The van der Waals surface area contributed by atoms with Crippen molar-refractivity contribution in [2.45, 2.75) is 89.4 Å². The van der Waals surface area contributed by atoms with Gasteiger partial charge in [0.25, 0.3) is 0 Å². The maximum absolute atomic E-state index is 15.0. The van der Waals surface area contributed by atoms with Crippen molar-refractivity contribution in [2.24, 2.45) is 11.3 Å². The Morgan fingerprint density at radius 1 is 0.882 bits per heavy atom. The summed E-state index contributed by atoms with van der Waals surface area (Å²) in [5.41, 5.74) is 5.64. The van der Waals surface area contributed by atoms with E-state index in [-0.39, 0.29) is 89.7 Å². The van der Waals surface area contributed by atoms with Crippen LogP contribution in [0, 0.1) is 11.3 Å². The van der Waals surface area contributed by atoms with E-state index in [0.29, 0.717) is 48.9 Å². The minimum absolute atomic E-state index is 0.00362. The Labute approximate surface area is 441 Å². The second-order valence-electron chi connectivity index (χ2n) is 20.4. The molecule has 2 aliphatic heterocycles. The van der Waals surface area contributed by atoms with Crippen LogP contribution in [-0.4, -0.2) is 73.8 Å². The summed E-state index contributed by atoms with van der Waals surface area (Å²) in [7, 11) is 1.45. The van der Waals surface area contributed by atoms with Crippen molar-refractivity contribution < 1.29 is 49.0 Å². The van der Waals surface area contributed by atoms with Crippen molar-refractivity contribution in [1.82, 2.24) is 14.9 Å². The van der Waals surface area contributed by atoms with Crippen LogP contribution in [0.15, 0.2) is 158 Å². The molecule has 6 aromatic rings. The highest BCUT2D eigenvalue weighted by Crippen LogP contribution is 2.55. The number of allylic oxidation sites excluding steroid dienone is 8. The van der Waals surface area contributed by atoms with Crippen LogP contribution < -0.4 is 19.7 Å². The SMILES string of the molecule is COc1cc(C2CC(=O)CC(OC(C)=O)CCC34C=CC=CC3CC=CC4c3c[nH]cc3CC(c3cccc(O)c3)C3=CCNC(=C3)N(CCC(C)=O)c3ccc(CO)c4cn2cc34)cc(O)c1Oc1cccc(O)c1. The van der Waals surface area contributed by atoms with Gasteiger partial charge in [0.1, 0.15) is 40.7 Å². The predicted molar refractivity (Wildman–Crippen MR) is 291 cm³/mol. The summed E-state index contributed by atoms with van der Waals surface area (Å²) in [5, 5.41) is 48.9. The molecule has 10 rings (SSSR count). The van der Waals surface area contributed by atoms with Crippen molar-refractivity contribution in [3.8, 4) is 34.5 Å². The van der Waals surface area contributed by atoms with E-state index in [0.717, 1.165) is 45.6 Å². The van der Waals surface area contributed by atoms with Gasteiger partial charge in [-0.2, -0.15) is 0 Å². The topological polar surface area (TPSA) is 196 Å². The van der Waals surface area contributed by atoms with Crippen LogP contribution in [0.2, 0.25) is 0 Å². The lowest BCUT2D eigenvalue weighted by molar-refractivity contribution is -0.148. The number of aliphatic hydroxyl groups is 1. The van der Waals surface area contributed by atoms with E-state index < -0.39 is 23.5 Å². The van der Waals surface area contributed by atoms with Crippen molar-refractivity contribution in [1.29, 1.82) is 0 Å². The number of dihydropyridines is 1. The van der Waals surface area contributed by atoms with Gasteiger partial charge in [-0.1, -0.05) is 66.8 Å². The number of methoxy groups -OCH3 is 1. The first kappa shape index (κ1) is 51.3. The summed E-state index contributed by atoms with van der Waals surface area (Å²) >= 11 is 0. The number of carbonyl (C=O) groups is 3. The van der Waals surface area contributed by atoms with Gasteiger partial charge in [0.05, 0.1) is 25.4 Å². The number of rotatable bonds is 10.